The van der Waals surface area contributed by atoms with Gasteiger partial charge in [-0.05, 0) is 17.7 Å². The van der Waals surface area contributed by atoms with Crippen LogP contribution in [0.2, 0.25) is 0 Å². The summed E-state index contributed by atoms with van der Waals surface area (Å²) in [7, 11) is 0. The molecule has 9 heteroatoms. The van der Waals surface area contributed by atoms with E-state index >= 15 is 0 Å². The van der Waals surface area contributed by atoms with E-state index in [-0.39, 0.29) is 39.5 Å². The highest BCUT2D eigenvalue weighted by Gasteiger charge is 2.43. The zero-order valence-corrected chi connectivity index (χ0v) is 15.0. The SMILES string of the molecule is N#CC1=C(N)OC2=C(C(=O)c3ccccc3C2=O)[C@@H]1c1ccc(OC(F)(F)F)cc1. The lowest BCUT2D eigenvalue weighted by atomic mass is 9.75. The lowest BCUT2D eigenvalue weighted by Crippen LogP contribution is -2.32. The molecule has 1 aliphatic carbocycles. The fourth-order valence-electron chi connectivity index (χ4n) is 3.50. The first kappa shape index (κ1) is 19.3. The number of allylic oxidation sites excluding steroid dienone is 3. The van der Waals surface area contributed by atoms with Crippen molar-refractivity contribution in [3.8, 4) is 11.8 Å². The van der Waals surface area contributed by atoms with E-state index in [0.29, 0.717) is 0 Å². The minimum absolute atomic E-state index is 0.0889. The van der Waals surface area contributed by atoms with Crippen LogP contribution >= 0.6 is 0 Å². The lowest BCUT2D eigenvalue weighted by Gasteiger charge is -2.31. The first-order valence-electron chi connectivity index (χ1n) is 8.57. The van der Waals surface area contributed by atoms with E-state index in [1.807, 2.05) is 6.07 Å². The number of alkyl halides is 3. The van der Waals surface area contributed by atoms with Gasteiger partial charge in [-0.2, -0.15) is 5.26 Å². The van der Waals surface area contributed by atoms with Gasteiger partial charge in [0.1, 0.15) is 17.4 Å². The molecule has 2 N–H and O–H groups in total. The number of nitrogens with zero attached hydrogens (tertiary/aromatic N) is 1. The maximum absolute atomic E-state index is 13.2. The number of ether oxygens (including phenoxy) is 2. The molecule has 0 saturated heterocycles. The maximum atomic E-state index is 13.2. The van der Waals surface area contributed by atoms with Gasteiger partial charge in [0, 0.05) is 11.1 Å². The van der Waals surface area contributed by atoms with Gasteiger partial charge < -0.3 is 15.2 Å². The molecular weight excluding hydrogens is 401 g/mol. The predicted molar refractivity (Wildman–Crippen MR) is 95.9 cm³/mol. The molecule has 2 aliphatic rings. The molecule has 0 unspecified atom stereocenters. The molecule has 0 saturated carbocycles. The number of fused-ring (bicyclic) bond motifs is 1. The molecular formula is C21H11F3N2O4. The van der Waals surface area contributed by atoms with E-state index in [1.54, 1.807) is 12.1 Å². The van der Waals surface area contributed by atoms with Gasteiger partial charge in [0.25, 0.3) is 0 Å². The topological polar surface area (TPSA) is 102 Å². The molecule has 150 valence electrons. The standard InChI is InChI=1S/C21H11F3N2O4/c22-21(23,24)30-11-7-5-10(6-8-11)15-14(9-25)20(26)29-19-16(15)17(27)12-3-1-2-4-13(12)18(19)28/h1-8,15H,26H2/t15-/m1/s1. The van der Waals surface area contributed by atoms with Gasteiger partial charge in [-0.15, -0.1) is 13.2 Å². The largest absolute Gasteiger partial charge is 0.573 e. The summed E-state index contributed by atoms with van der Waals surface area (Å²) in [5.74, 6) is -3.29. The molecule has 6 nitrogen and oxygen atoms in total. The second kappa shape index (κ2) is 6.77. The van der Waals surface area contributed by atoms with Gasteiger partial charge in [0.05, 0.1) is 11.5 Å². The summed E-state index contributed by atoms with van der Waals surface area (Å²) in [5.41, 5.74) is 6.18. The molecule has 1 aliphatic heterocycles. The van der Waals surface area contributed by atoms with Gasteiger partial charge in [-0.25, -0.2) is 0 Å². The van der Waals surface area contributed by atoms with Crippen molar-refractivity contribution in [2.24, 2.45) is 5.73 Å². The normalized spacial score (nSPS) is 18.4. The average Bonchev–Trinajstić information content (AvgIpc) is 2.70. The Hall–Kier alpha value is -4.06. The highest BCUT2D eigenvalue weighted by Crippen LogP contribution is 2.44. The molecule has 0 amide bonds. The van der Waals surface area contributed by atoms with Gasteiger partial charge in [0.15, 0.2) is 11.5 Å². The molecule has 30 heavy (non-hydrogen) atoms. The molecule has 0 aromatic heterocycles. The van der Waals surface area contributed by atoms with Crippen molar-refractivity contribution in [2.75, 3.05) is 0 Å². The lowest BCUT2D eigenvalue weighted by molar-refractivity contribution is -0.274. The summed E-state index contributed by atoms with van der Waals surface area (Å²) in [5, 5.41) is 9.58. The van der Waals surface area contributed by atoms with Crippen molar-refractivity contribution >= 4 is 11.6 Å². The first-order chi connectivity index (χ1) is 14.2. The third kappa shape index (κ3) is 3.08. The van der Waals surface area contributed by atoms with Crippen LogP contribution < -0.4 is 10.5 Å². The van der Waals surface area contributed by atoms with E-state index in [1.165, 1.54) is 24.3 Å². The van der Waals surface area contributed by atoms with Gasteiger partial charge in [-0.1, -0.05) is 36.4 Å². The number of Topliss-reactive ketones (excluding diaryl/α,β-unsaturated/α-hetero) is 2. The van der Waals surface area contributed by atoms with Crippen LogP contribution in [0.5, 0.6) is 5.75 Å². The minimum atomic E-state index is -4.87. The predicted octanol–water partition coefficient (Wildman–Crippen LogP) is 3.73. The highest BCUT2D eigenvalue weighted by molar-refractivity contribution is 6.27. The molecule has 0 spiro atoms. The Morgan fingerprint density at radius 1 is 1.00 bits per heavy atom. The summed E-state index contributed by atoms with van der Waals surface area (Å²) >= 11 is 0. The zero-order chi connectivity index (χ0) is 21.6. The maximum Gasteiger partial charge on any atom is 0.573 e. The van der Waals surface area contributed by atoms with E-state index in [0.717, 1.165) is 12.1 Å². The Morgan fingerprint density at radius 3 is 2.17 bits per heavy atom. The molecule has 1 atom stereocenters. The summed E-state index contributed by atoms with van der Waals surface area (Å²) in [6, 6.07) is 12.6. The van der Waals surface area contributed by atoms with Crippen molar-refractivity contribution in [3.63, 3.8) is 0 Å². The molecule has 0 bridgehead atoms. The number of nitriles is 1. The number of carbonyl (C=O) groups is 2. The van der Waals surface area contributed by atoms with Gasteiger partial charge in [0.2, 0.25) is 11.7 Å². The van der Waals surface area contributed by atoms with Gasteiger partial charge in [-0.3, -0.25) is 9.59 Å². The summed E-state index contributed by atoms with van der Waals surface area (Å²) in [4.78, 5) is 26.1. The number of carbonyl (C=O) groups excluding carboxylic acids is 2. The first-order valence-corrected chi connectivity index (χ1v) is 8.57. The molecule has 1 heterocycles. The third-order valence-corrected chi connectivity index (χ3v) is 4.73. The van der Waals surface area contributed by atoms with Gasteiger partial charge >= 0.3 is 6.36 Å². The Morgan fingerprint density at radius 2 is 1.60 bits per heavy atom. The fourth-order valence-corrected chi connectivity index (χ4v) is 3.50. The number of rotatable bonds is 2. The number of ketones is 2. The van der Waals surface area contributed by atoms with Crippen LogP contribution in [0, 0.1) is 11.3 Å². The second-order valence-electron chi connectivity index (χ2n) is 6.49. The molecule has 2 aromatic carbocycles. The summed E-state index contributed by atoms with van der Waals surface area (Å²) < 4.78 is 46.5. The number of halogens is 3. The summed E-state index contributed by atoms with van der Waals surface area (Å²) in [6.07, 6.45) is -4.87. The number of nitrogens with two attached hydrogens (primary N) is 1. The van der Waals surface area contributed by atoms with Crippen LogP contribution in [0.4, 0.5) is 13.2 Å². The smallest absolute Gasteiger partial charge is 0.436 e. The quantitative estimate of drug-likeness (QED) is 0.807. The second-order valence-corrected chi connectivity index (χ2v) is 6.49. The molecule has 2 aromatic rings. The Balaban J connectivity index is 1.85. The van der Waals surface area contributed by atoms with E-state index < -0.39 is 29.6 Å². The summed E-state index contributed by atoms with van der Waals surface area (Å²) in [6.45, 7) is 0. The Bertz CT molecular complexity index is 1190. The minimum Gasteiger partial charge on any atom is -0.436 e. The van der Waals surface area contributed by atoms with Crippen molar-refractivity contribution in [1.29, 1.82) is 5.26 Å². The van der Waals surface area contributed by atoms with Crippen LogP contribution in [0.1, 0.15) is 32.2 Å². The van der Waals surface area contributed by atoms with Crippen LogP contribution in [0.15, 0.2) is 71.3 Å². The van der Waals surface area contributed by atoms with Crippen LogP contribution in [0.25, 0.3) is 0 Å². The van der Waals surface area contributed by atoms with E-state index in [2.05, 4.69) is 4.74 Å². The molecule has 4 rings (SSSR count). The Labute approximate surface area is 167 Å². The molecule has 0 fully saturated rings. The van der Waals surface area contributed by atoms with Crippen LogP contribution in [-0.4, -0.2) is 17.9 Å². The average molecular weight is 412 g/mol. The van der Waals surface area contributed by atoms with E-state index in [9.17, 15) is 28.0 Å². The Kier molecular flexibility index (Phi) is 4.35. The third-order valence-electron chi connectivity index (χ3n) is 4.73. The number of hydrogen-bond donors (Lipinski definition) is 1. The van der Waals surface area contributed by atoms with Crippen LogP contribution in [0.3, 0.4) is 0 Å². The van der Waals surface area contributed by atoms with Crippen molar-refractivity contribution in [1.82, 2.24) is 0 Å². The van der Waals surface area contributed by atoms with Crippen molar-refractivity contribution in [3.05, 3.63) is 88.0 Å². The molecule has 0 radical (unpaired) electrons. The van der Waals surface area contributed by atoms with E-state index in [4.69, 9.17) is 10.5 Å². The van der Waals surface area contributed by atoms with Crippen molar-refractivity contribution in [2.45, 2.75) is 12.3 Å². The number of hydrogen-bond acceptors (Lipinski definition) is 6. The van der Waals surface area contributed by atoms with Crippen molar-refractivity contribution < 1.29 is 32.2 Å². The highest BCUT2D eigenvalue weighted by atomic mass is 19.4. The zero-order valence-electron chi connectivity index (χ0n) is 15.0. The monoisotopic (exact) mass is 412 g/mol. The fraction of sp³-hybridized carbons (Fsp3) is 0.0952. The number of benzene rings is 2. The van der Waals surface area contributed by atoms with Crippen LogP contribution in [-0.2, 0) is 4.74 Å².